The van der Waals surface area contributed by atoms with E-state index < -0.39 is 11.6 Å². The third-order valence-electron chi connectivity index (χ3n) is 1.46. The maximum atomic E-state index is 11.2. The third-order valence-corrected chi connectivity index (χ3v) is 1.46. The second-order valence-electron chi connectivity index (χ2n) is 4.49. The van der Waals surface area contributed by atoms with Gasteiger partial charge in [0.05, 0.1) is 0 Å². The molecule has 0 spiro atoms. The summed E-state index contributed by atoms with van der Waals surface area (Å²) >= 11 is 0. The van der Waals surface area contributed by atoms with E-state index in [4.69, 9.17) is 9.84 Å². The van der Waals surface area contributed by atoms with Crippen LogP contribution in [-0.2, 0) is 14.3 Å². The summed E-state index contributed by atoms with van der Waals surface area (Å²) < 4.78 is 5.06. The van der Waals surface area contributed by atoms with Crippen LogP contribution >= 0.6 is 0 Å². The van der Waals surface area contributed by atoms with Crippen molar-refractivity contribution in [3.63, 3.8) is 0 Å². The summed E-state index contributed by atoms with van der Waals surface area (Å²) in [6.07, 6.45) is 0.156. The second-order valence-corrected chi connectivity index (χ2v) is 4.49. The summed E-state index contributed by atoms with van der Waals surface area (Å²) in [5.41, 5.74) is -0.500. The Kier molecular flexibility index (Phi) is 4.60. The van der Waals surface area contributed by atoms with E-state index in [0.29, 0.717) is 0 Å². The number of carboxylic acid groups (broad SMARTS) is 1. The molecule has 82 valence electrons. The Morgan fingerprint density at radius 2 is 1.79 bits per heavy atom. The molecule has 0 saturated carbocycles. The van der Waals surface area contributed by atoms with Gasteiger partial charge in [0.15, 0.2) is 0 Å². The molecule has 0 aromatic heterocycles. The van der Waals surface area contributed by atoms with Crippen molar-refractivity contribution in [1.29, 1.82) is 0 Å². The second kappa shape index (κ2) is 4.98. The van der Waals surface area contributed by atoms with Gasteiger partial charge in [-0.3, -0.25) is 9.59 Å². The Morgan fingerprint density at radius 1 is 1.29 bits per heavy atom. The molecule has 0 aromatic rings. The molecule has 4 heteroatoms. The minimum atomic E-state index is -0.888. The fraction of sp³-hybridized carbons (Fsp3) is 0.800. The molecule has 0 aromatic carbocycles. The Balaban J connectivity index is 3.89. The summed E-state index contributed by atoms with van der Waals surface area (Å²) in [6, 6.07) is 0. The van der Waals surface area contributed by atoms with Crippen LogP contribution < -0.4 is 0 Å². The van der Waals surface area contributed by atoms with Crippen molar-refractivity contribution in [2.75, 3.05) is 0 Å². The molecule has 1 atom stereocenters. The van der Waals surface area contributed by atoms with Crippen LogP contribution in [0.15, 0.2) is 0 Å². The molecule has 0 aliphatic rings. The predicted molar refractivity (Wildman–Crippen MR) is 51.9 cm³/mol. The largest absolute Gasteiger partial charge is 0.481 e. The number of hydrogen-bond donors (Lipinski definition) is 1. The normalized spacial score (nSPS) is 13.4. The first-order valence-electron chi connectivity index (χ1n) is 4.64. The van der Waals surface area contributed by atoms with Crippen molar-refractivity contribution in [2.24, 2.45) is 5.92 Å². The van der Waals surface area contributed by atoms with Gasteiger partial charge in [0.25, 0.3) is 0 Å². The van der Waals surface area contributed by atoms with Crippen LogP contribution in [0, 0.1) is 5.92 Å². The summed E-state index contributed by atoms with van der Waals surface area (Å²) in [6.45, 7) is 7.07. The highest BCUT2D eigenvalue weighted by Gasteiger charge is 2.19. The van der Waals surface area contributed by atoms with Gasteiger partial charge in [-0.1, -0.05) is 6.92 Å². The van der Waals surface area contributed by atoms with Gasteiger partial charge < -0.3 is 9.84 Å². The number of carbonyl (C=O) groups excluding carboxylic acids is 1. The number of esters is 1. The van der Waals surface area contributed by atoms with Gasteiger partial charge in [0, 0.05) is 12.8 Å². The van der Waals surface area contributed by atoms with Crippen LogP contribution in [0.5, 0.6) is 0 Å². The molecule has 4 nitrogen and oxygen atoms in total. The first kappa shape index (κ1) is 12.9. The quantitative estimate of drug-likeness (QED) is 0.706. The van der Waals surface area contributed by atoms with Crippen LogP contribution in [0.25, 0.3) is 0 Å². The van der Waals surface area contributed by atoms with Gasteiger partial charge in [0.2, 0.25) is 0 Å². The lowest BCUT2D eigenvalue weighted by molar-refractivity contribution is -0.156. The van der Waals surface area contributed by atoms with Gasteiger partial charge in [0.1, 0.15) is 5.60 Å². The molecule has 0 rings (SSSR count). The van der Waals surface area contributed by atoms with Crippen LogP contribution in [0.3, 0.4) is 0 Å². The molecule has 1 N–H and O–H groups in total. The fourth-order valence-electron chi connectivity index (χ4n) is 1.04. The van der Waals surface area contributed by atoms with E-state index in [1.54, 1.807) is 27.7 Å². The van der Waals surface area contributed by atoms with Crippen molar-refractivity contribution >= 4 is 11.9 Å². The van der Waals surface area contributed by atoms with E-state index in [9.17, 15) is 9.59 Å². The minimum absolute atomic E-state index is 0.000751. The molecule has 0 radical (unpaired) electrons. The van der Waals surface area contributed by atoms with Crippen LogP contribution in [0.1, 0.15) is 40.5 Å². The van der Waals surface area contributed by atoms with Crippen LogP contribution in [0.2, 0.25) is 0 Å². The number of ether oxygens (including phenoxy) is 1. The monoisotopic (exact) mass is 202 g/mol. The molecule has 0 aliphatic carbocycles. The lowest BCUT2D eigenvalue weighted by atomic mass is 10.0. The Hall–Kier alpha value is -1.06. The smallest absolute Gasteiger partial charge is 0.306 e. The average molecular weight is 202 g/mol. The third kappa shape index (κ3) is 7.58. The number of carbonyl (C=O) groups is 2. The van der Waals surface area contributed by atoms with E-state index in [0.717, 1.165) is 0 Å². The summed E-state index contributed by atoms with van der Waals surface area (Å²) in [4.78, 5) is 21.6. The molecular formula is C10H18O4. The zero-order valence-corrected chi connectivity index (χ0v) is 9.16. The maximum absolute atomic E-state index is 11.2. The first-order valence-corrected chi connectivity index (χ1v) is 4.64. The molecule has 0 bridgehead atoms. The molecule has 0 unspecified atom stereocenters. The van der Waals surface area contributed by atoms with E-state index in [1.807, 2.05) is 0 Å². The molecular weight excluding hydrogens is 184 g/mol. The standard InChI is InChI=1S/C10H18O4/c1-7(5-8(11)12)6-9(13)14-10(2,3)4/h7H,5-6H2,1-4H3,(H,11,12)/t7-/m1/s1. The molecule has 0 fully saturated rings. The van der Waals surface area contributed by atoms with Gasteiger partial charge in [-0.15, -0.1) is 0 Å². The van der Waals surface area contributed by atoms with Gasteiger partial charge >= 0.3 is 11.9 Å². The lowest BCUT2D eigenvalue weighted by Gasteiger charge is -2.20. The van der Waals surface area contributed by atoms with E-state index in [1.165, 1.54) is 0 Å². The topological polar surface area (TPSA) is 63.6 Å². The van der Waals surface area contributed by atoms with Gasteiger partial charge in [-0.2, -0.15) is 0 Å². The number of hydrogen-bond acceptors (Lipinski definition) is 3. The summed E-state index contributed by atoms with van der Waals surface area (Å²) in [5, 5.41) is 8.48. The highest BCUT2D eigenvalue weighted by atomic mass is 16.6. The Labute approximate surface area is 84.3 Å². The zero-order chi connectivity index (χ0) is 11.4. The molecule has 0 saturated heterocycles. The first-order chi connectivity index (χ1) is 6.20. The molecule has 0 amide bonds. The van der Waals surface area contributed by atoms with Crippen molar-refractivity contribution in [3.8, 4) is 0 Å². The highest BCUT2D eigenvalue weighted by Crippen LogP contribution is 2.13. The van der Waals surface area contributed by atoms with Gasteiger partial charge in [-0.25, -0.2) is 0 Å². The van der Waals surface area contributed by atoms with E-state index in [2.05, 4.69) is 0 Å². The Bertz CT molecular complexity index is 215. The molecule has 14 heavy (non-hydrogen) atoms. The predicted octanol–water partition coefficient (Wildman–Crippen LogP) is 1.83. The molecule has 0 aliphatic heterocycles. The number of rotatable bonds is 4. The number of carboxylic acids is 1. The fourth-order valence-corrected chi connectivity index (χ4v) is 1.04. The summed E-state index contributed by atoms with van der Waals surface area (Å²) in [7, 11) is 0. The SMILES string of the molecule is C[C@H](CC(=O)O)CC(=O)OC(C)(C)C. The van der Waals surface area contributed by atoms with Crippen molar-refractivity contribution < 1.29 is 19.4 Å². The Morgan fingerprint density at radius 3 is 2.14 bits per heavy atom. The van der Waals surface area contributed by atoms with Crippen LogP contribution in [-0.4, -0.2) is 22.6 Å². The van der Waals surface area contributed by atoms with E-state index in [-0.39, 0.29) is 24.7 Å². The highest BCUT2D eigenvalue weighted by molar-refractivity contribution is 5.72. The van der Waals surface area contributed by atoms with E-state index >= 15 is 0 Å². The van der Waals surface area contributed by atoms with Crippen molar-refractivity contribution in [2.45, 2.75) is 46.1 Å². The zero-order valence-electron chi connectivity index (χ0n) is 9.16. The number of aliphatic carboxylic acids is 1. The average Bonchev–Trinajstić information content (AvgIpc) is 1.77. The minimum Gasteiger partial charge on any atom is -0.481 e. The molecule has 0 heterocycles. The van der Waals surface area contributed by atoms with Crippen molar-refractivity contribution in [3.05, 3.63) is 0 Å². The van der Waals surface area contributed by atoms with Crippen molar-refractivity contribution in [1.82, 2.24) is 0 Å². The summed E-state index contributed by atoms with van der Waals surface area (Å²) in [5.74, 6) is -1.41. The lowest BCUT2D eigenvalue weighted by Crippen LogP contribution is -2.25. The van der Waals surface area contributed by atoms with Crippen LogP contribution in [0.4, 0.5) is 0 Å². The maximum Gasteiger partial charge on any atom is 0.306 e. The van der Waals surface area contributed by atoms with Gasteiger partial charge in [-0.05, 0) is 26.7 Å².